The Hall–Kier alpha value is -2.11. The average molecular weight is 439 g/mol. The lowest BCUT2D eigenvalue weighted by Crippen LogP contribution is -2.52. The third-order valence-corrected chi connectivity index (χ3v) is 5.04. The summed E-state index contributed by atoms with van der Waals surface area (Å²) >= 11 is 12.0. The zero-order valence-corrected chi connectivity index (χ0v) is 18.4. The van der Waals surface area contributed by atoms with E-state index < -0.39 is 17.4 Å². The van der Waals surface area contributed by atoms with E-state index in [1.165, 1.54) is 11.0 Å². The molecule has 0 unspecified atom stereocenters. The maximum atomic E-state index is 14.2. The van der Waals surface area contributed by atoms with E-state index in [1.807, 2.05) is 20.8 Å². The van der Waals surface area contributed by atoms with Gasteiger partial charge in [0.25, 0.3) is 0 Å². The summed E-state index contributed by atoms with van der Waals surface area (Å²) in [4.78, 5) is 27.2. The van der Waals surface area contributed by atoms with Crippen LogP contribution in [0.1, 0.15) is 38.8 Å². The number of hydrogen-bond donors (Lipinski definition) is 1. The molecule has 156 valence electrons. The van der Waals surface area contributed by atoms with Crippen molar-refractivity contribution >= 4 is 35.0 Å². The van der Waals surface area contributed by atoms with Crippen molar-refractivity contribution in [2.75, 3.05) is 0 Å². The van der Waals surface area contributed by atoms with Crippen LogP contribution in [-0.2, 0) is 22.6 Å². The highest BCUT2D eigenvalue weighted by atomic mass is 35.5. The predicted molar refractivity (Wildman–Crippen MR) is 114 cm³/mol. The first-order valence-electron chi connectivity index (χ1n) is 9.27. The molecule has 0 bridgehead atoms. The van der Waals surface area contributed by atoms with Gasteiger partial charge < -0.3 is 10.2 Å². The standard InChI is InChI=1S/C22H25Cl2FN2O2/c1-14(21(29)26-22(2,3)4)27(13-16-7-5-6-8-19(16)25)20(28)12-15-9-10-17(23)18(24)11-15/h5-11,14H,12-13H2,1-4H3,(H,26,29)/t14-/m0/s1. The fourth-order valence-electron chi connectivity index (χ4n) is 2.79. The molecule has 1 N–H and O–H groups in total. The molecule has 0 aliphatic carbocycles. The van der Waals surface area contributed by atoms with Gasteiger partial charge in [0, 0.05) is 17.6 Å². The van der Waals surface area contributed by atoms with Crippen molar-refractivity contribution < 1.29 is 14.0 Å². The second-order valence-electron chi connectivity index (χ2n) is 7.95. The fraction of sp³-hybridized carbons (Fsp3) is 0.364. The van der Waals surface area contributed by atoms with Gasteiger partial charge >= 0.3 is 0 Å². The number of nitrogens with one attached hydrogen (secondary N) is 1. The highest BCUT2D eigenvalue weighted by molar-refractivity contribution is 6.42. The zero-order valence-electron chi connectivity index (χ0n) is 16.9. The lowest BCUT2D eigenvalue weighted by Gasteiger charge is -2.31. The topological polar surface area (TPSA) is 49.4 Å². The molecule has 4 nitrogen and oxygen atoms in total. The number of benzene rings is 2. The monoisotopic (exact) mass is 438 g/mol. The molecule has 7 heteroatoms. The van der Waals surface area contributed by atoms with Gasteiger partial charge in [0.2, 0.25) is 11.8 Å². The van der Waals surface area contributed by atoms with E-state index in [0.717, 1.165) is 0 Å². The maximum Gasteiger partial charge on any atom is 0.242 e. The third-order valence-electron chi connectivity index (χ3n) is 4.30. The number of hydrogen-bond acceptors (Lipinski definition) is 2. The van der Waals surface area contributed by atoms with E-state index in [1.54, 1.807) is 43.3 Å². The molecule has 2 amide bonds. The molecule has 1 atom stereocenters. The van der Waals surface area contributed by atoms with E-state index in [4.69, 9.17) is 23.2 Å². The summed E-state index contributed by atoms with van der Waals surface area (Å²) in [5, 5.41) is 3.61. The minimum Gasteiger partial charge on any atom is -0.350 e. The molecule has 29 heavy (non-hydrogen) atoms. The predicted octanol–water partition coefficient (Wildman–Crippen LogP) is 5.01. The zero-order chi connectivity index (χ0) is 21.8. The molecule has 0 fully saturated rings. The Morgan fingerprint density at radius 3 is 2.34 bits per heavy atom. The van der Waals surface area contributed by atoms with Gasteiger partial charge in [-0.1, -0.05) is 47.5 Å². The molecule has 0 aromatic heterocycles. The normalized spacial score (nSPS) is 12.4. The van der Waals surface area contributed by atoms with Crippen molar-refractivity contribution in [2.45, 2.75) is 52.2 Å². The quantitative estimate of drug-likeness (QED) is 0.688. The molecule has 0 spiro atoms. The molecular weight excluding hydrogens is 414 g/mol. The fourth-order valence-corrected chi connectivity index (χ4v) is 3.11. The summed E-state index contributed by atoms with van der Waals surface area (Å²) in [6, 6.07) is 10.3. The van der Waals surface area contributed by atoms with Crippen LogP contribution in [0.15, 0.2) is 42.5 Å². The van der Waals surface area contributed by atoms with Crippen LogP contribution in [-0.4, -0.2) is 28.3 Å². The Morgan fingerprint density at radius 1 is 1.10 bits per heavy atom. The molecule has 2 rings (SSSR count). The Labute approximate surface area is 181 Å². The second-order valence-corrected chi connectivity index (χ2v) is 8.77. The number of carbonyl (C=O) groups excluding carboxylic acids is 2. The van der Waals surface area contributed by atoms with Crippen molar-refractivity contribution in [3.05, 3.63) is 69.5 Å². The van der Waals surface area contributed by atoms with Crippen LogP contribution in [0.4, 0.5) is 4.39 Å². The number of amides is 2. The van der Waals surface area contributed by atoms with Crippen LogP contribution in [0.25, 0.3) is 0 Å². The van der Waals surface area contributed by atoms with Gasteiger partial charge in [-0.3, -0.25) is 9.59 Å². The van der Waals surface area contributed by atoms with Gasteiger partial charge in [-0.25, -0.2) is 4.39 Å². The molecule has 0 aliphatic heterocycles. The minimum absolute atomic E-state index is 0.0124. The first-order valence-corrected chi connectivity index (χ1v) is 10.0. The number of carbonyl (C=O) groups is 2. The van der Waals surface area contributed by atoms with E-state index in [9.17, 15) is 14.0 Å². The van der Waals surface area contributed by atoms with Crippen molar-refractivity contribution in [1.29, 1.82) is 0 Å². The maximum absolute atomic E-state index is 14.2. The first-order chi connectivity index (χ1) is 13.5. The average Bonchev–Trinajstić information content (AvgIpc) is 2.62. The van der Waals surface area contributed by atoms with Crippen molar-refractivity contribution in [1.82, 2.24) is 10.2 Å². The Bertz CT molecular complexity index is 897. The molecular formula is C22H25Cl2FN2O2. The Kier molecular flexibility index (Phi) is 7.66. The number of nitrogens with zero attached hydrogens (tertiary/aromatic N) is 1. The molecule has 0 aliphatic rings. The van der Waals surface area contributed by atoms with Gasteiger partial charge in [-0.15, -0.1) is 0 Å². The second kappa shape index (κ2) is 9.59. The summed E-state index contributed by atoms with van der Waals surface area (Å²) in [6.07, 6.45) is 0.0124. The van der Waals surface area contributed by atoms with Gasteiger partial charge in [0.05, 0.1) is 16.5 Å². The van der Waals surface area contributed by atoms with Crippen LogP contribution in [0, 0.1) is 5.82 Å². The summed E-state index contributed by atoms with van der Waals surface area (Å²) < 4.78 is 14.2. The summed E-state index contributed by atoms with van der Waals surface area (Å²) in [5.41, 5.74) is 0.540. The highest BCUT2D eigenvalue weighted by Gasteiger charge is 2.29. The van der Waals surface area contributed by atoms with Crippen LogP contribution in [0.3, 0.4) is 0 Å². The molecule has 0 heterocycles. The number of rotatable bonds is 6. The molecule has 2 aromatic carbocycles. The van der Waals surface area contributed by atoms with Gasteiger partial charge in [-0.2, -0.15) is 0 Å². The van der Waals surface area contributed by atoms with E-state index in [-0.39, 0.29) is 24.8 Å². The SMILES string of the molecule is C[C@@H](C(=O)NC(C)(C)C)N(Cc1ccccc1F)C(=O)Cc1ccc(Cl)c(Cl)c1. The van der Waals surface area contributed by atoms with Crippen LogP contribution in [0.2, 0.25) is 10.0 Å². The van der Waals surface area contributed by atoms with E-state index >= 15 is 0 Å². The van der Waals surface area contributed by atoms with Crippen molar-refractivity contribution in [3.8, 4) is 0 Å². The van der Waals surface area contributed by atoms with Crippen LogP contribution >= 0.6 is 23.2 Å². The van der Waals surface area contributed by atoms with Crippen LogP contribution < -0.4 is 5.32 Å². The smallest absolute Gasteiger partial charge is 0.242 e. The van der Waals surface area contributed by atoms with Gasteiger partial charge in [0.15, 0.2) is 0 Å². The van der Waals surface area contributed by atoms with Gasteiger partial charge in [-0.05, 0) is 51.5 Å². The van der Waals surface area contributed by atoms with E-state index in [0.29, 0.717) is 21.2 Å². The molecule has 0 saturated carbocycles. The lowest BCUT2D eigenvalue weighted by molar-refractivity contribution is -0.140. The molecule has 0 radical (unpaired) electrons. The largest absolute Gasteiger partial charge is 0.350 e. The Morgan fingerprint density at radius 2 is 1.76 bits per heavy atom. The van der Waals surface area contributed by atoms with E-state index in [2.05, 4.69) is 5.32 Å². The third kappa shape index (κ3) is 6.72. The number of halogens is 3. The van der Waals surface area contributed by atoms with Gasteiger partial charge in [0.1, 0.15) is 11.9 Å². The molecule has 0 saturated heterocycles. The molecule has 2 aromatic rings. The summed E-state index contributed by atoms with van der Waals surface area (Å²) in [6.45, 7) is 7.18. The summed E-state index contributed by atoms with van der Waals surface area (Å²) in [7, 11) is 0. The van der Waals surface area contributed by atoms with Crippen LogP contribution in [0.5, 0.6) is 0 Å². The Balaban J connectivity index is 2.29. The lowest BCUT2D eigenvalue weighted by atomic mass is 10.1. The van der Waals surface area contributed by atoms with Crippen molar-refractivity contribution in [2.24, 2.45) is 0 Å². The highest BCUT2D eigenvalue weighted by Crippen LogP contribution is 2.23. The first kappa shape index (κ1) is 23.2. The summed E-state index contributed by atoms with van der Waals surface area (Å²) in [5.74, 6) is -1.05. The van der Waals surface area contributed by atoms with Crippen molar-refractivity contribution in [3.63, 3.8) is 0 Å². The minimum atomic E-state index is -0.788.